The molecule has 0 spiro atoms. The monoisotopic (exact) mass is 355 g/mol. The van der Waals surface area contributed by atoms with Crippen LogP contribution in [0.4, 0.5) is 0 Å². The molecule has 6 heteroatoms. The van der Waals surface area contributed by atoms with Gasteiger partial charge in [-0.25, -0.2) is 0 Å². The quantitative estimate of drug-likeness (QED) is 0.778. The molecule has 0 bridgehead atoms. The Balaban J connectivity index is 1.90. The number of methoxy groups -OCH3 is 1. The molecule has 0 aliphatic carbocycles. The number of carboxylic acids is 1. The highest BCUT2D eigenvalue weighted by molar-refractivity contribution is 6.04. The van der Waals surface area contributed by atoms with Crippen LogP contribution in [0, 0.1) is 5.41 Å². The summed E-state index contributed by atoms with van der Waals surface area (Å²) in [7, 11) is 1.55. The molecule has 136 valence electrons. The van der Waals surface area contributed by atoms with Gasteiger partial charge in [-0.2, -0.15) is 0 Å². The van der Waals surface area contributed by atoms with E-state index in [1.54, 1.807) is 25.3 Å². The van der Waals surface area contributed by atoms with Gasteiger partial charge in [0, 0.05) is 12.5 Å². The van der Waals surface area contributed by atoms with Crippen LogP contribution in [0.15, 0.2) is 48.5 Å². The van der Waals surface area contributed by atoms with Gasteiger partial charge in [0.1, 0.15) is 6.61 Å². The van der Waals surface area contributed by atoms with E-state index in [-0.39, 0.29) is 6.54 Å². The summed E-state index contributed by atoms with van der Waals surface area (Å²) in [6.45, 7) is 2.09. The predicted octanol–water partition coefficient (Wildman–Crippen LogP) is 2.58. The van der Waals surface area contributed by atoms with E-state index in [2.05, 4.69) is 5.32 Å². The Labute approximate surface area is 151 Å². The maximum Gasteiger partial charge on any atom is 0.319 e. The van der Waals surface area contributed by atoms with Crippen LogP contribution in [-0.2, 0) is 16.2 Å². The topological polar surface area (TPSA) is 84.9 Å². The van der Waals surface area contributed by atoms with Gasteiger partial charge in [-0.05, 0) is 30.2 Å². The molecule has 1 heterocycles. The number of ether oxygens (including phenoxy) is 2. The highest BCUT2D eigenvalue weighted by Gasteiger charge is 2.53. The van der Waals surface area contributed by atoms with Crippen LogP contribution in [0.2, 0.25) is 0 Å². The highest BCUT2D eigenvalue weighted by atomic mass is 16.5. The molecule has 1 aliphatic rings. The molecule has 2 unspecified atom stereocenters. The fourth-order valence-corrected chi connectivity index (χ4v) is 3.20. The molecule has 0 radical (unpaired) electrons. The van der Waals surface area contributed by atoms with Crippen molar-refractivity contribution in [2.24, 2.45) is 5.41 Å². The Morgan fingerprint density at radius 3 is 2.62 bits per heavy atom. The summed E-state index contributed by atoms with van der Waals surface area (Å²) in [6, 6.07) is 15.0. The standard InChI is InChI=1S/C20H21NO5/c1-20(19(23)24)15(11-21-18(20)22)14-8-9-16(25-2)17(10-14)26-12-13-6-4-3-5-7-13/h3-10,15H,11-12H2,1-2H3,(H,21,22)(H,23,24). The highest BCUT2D eigenvalue weighted by Crippen LogP contribution is 2.42. The first-order chi connectivity index (χ1) is 12.5. The third-order valence-electron chi connectivity index (χ3n) is 4.91. The van der Waals surface area contributed by atoms with Crippen LogP contribution in [0.5, 0.6) is 11.5 Å². The van der Waals surface area contributed by atoms with E-state index in [1.807, 2.05) is 30.3 Å². The van der Waals surface area contributed by atoms with E-state index in [1.165, 1.54) is 6.92 Å². The smallest absolute Gasteiger partial charge is 0.319 e. The maximum atomic E-state index is 12.1. The minimum atomic E-state index is -1.51. The van der Waals surface area contributed by atoms with Crippen molar-refractivity contribution in [1.29, 1.82) is 0 Å². The Morgan fingerprint density at radius 1 is 1.23 bits per heavy atom. The Hall–Kier alpha value is -3.02. The molecule has 3 rings (SSSR count). The van der Waals surface area contributed by atoms with Crippen LogP contribution in [0.25, 0.3) is 0 Å². The summed E-state index contributed by atoms with van der Waals surface area (Å²) in [5.74, 6) is -1.03. The minimum Gasteiger partial charge on any atom is -0.493 e. The number of rotatable bonds is 6. The van der Waals surface area contributed by atoms with Crippen LogP contribution in [-0.4, -0.2) is 30.6 Å². The molecule has 0 aromatic heterocycles. The lowest BCUT2D eigenvalue weighted by Crippen LogP contribution is -2.39. The largest absolute Gasteiger partial charge is 0.493 e. The van der Waals surface area contributed by atoms with Crippen molar-refractivity contribution in [1.82, 2.24) is 5.32 Å². The van der Waals surface area contributed by atoms with Crippen molar-refractivity contribution in [3.8, 4) is 11.5 Å². The van der Waals surface area contributed by atoms with Gasteiger partial charge in [-0.1, -0.05) is 36.4 Å². The third-order valence-corrected chi connectivity index (χ3v) is 4.91. The van der Waals surface area contributed by atoms with Crippen LogP contribution >= 0.6 is 0 Å². The summed E-state index contributed by atoms with van der Waals surface area (Å²) in [5, 5.41) is 12.2. The lowest BCUT2D eigenvalue weighted by molar-refractivity contribution is -0.153. The average molecular weight is 355 g/mol. The lowest BCUT2D eigenvalue weighted by atomic mass is 9.75. The number of aliphatic carboxylic acids is 1. The number of carbonyl (C=O) groups excluding carboxylic acids is 1. The Morgan fingerprint density at radius 2 is 1.96 bits per heavy atom. The van der Waals surface area contributed by atoms with Crippen LogP contribution in [0.1, 0.15) is 24.0 Å². The Bertz CT molecular complexity index is 820. The van der Waals surface area contributed by atoms with Crippen molar-refractivity contribution < 1.29 is 24.2 Å². The van der Waals surface area contributed by atoms with Gasteiger partial charge in [-0.3, -0.25) is 9.59 Å². The van der Waals surface area contributed by atoms with E-state index < -0.39 is 23.2 Å². The van der Waals surface area contributed by atoms with Gasteiger partial charge in [0.25, 0.3) is 0 Å². The SMILES string of the molecule is COc1ccc(C2CNC(=O)C2(C)C(=O)O)cc1OCc1ccccc1. The van der Waals surface area contributed by atoms with Crippen LogP contribution < -0.4 is 14.8 Å². The number of carbonyl (C=O) groups is 2. The first-order valence-electron chi connectivity index (χ1n) is 8.33. The van der Waals surface area contributed by atoms with Crippen molar-refractivity contribution >= 4 is 11.9 Å². The average Bonchev–Trinajstić information content (AvgIpc) is 2.97. The molecule has 1 fully saturated rings. The molecule has 2 atom stereocenters. The van der Waals surface area contributed by atoms with Gasteiger partial charge in [0.05, 0.1) is 7.11 Å². The molecule has 2 N–H and O–H groups in total. The molecule has 1 saturated heterocycles. The van der Waals surface area contributed by atoms with Gasteiger partial charge < -0.3 is 19.9 Å². The zero-order valence-electron chi connectivity index (χ0n) is 14.7. The van der Waals surface area contributed by atoms with Crippen molar-refractivity contribution in [2.45, 2.75) is 19.4 Å². The molecule has 2 aromatic rings. The molecule has 6 nitrogen and oxygen atoms in total. The first-order valence-corrected chi connectivity index (χ1v) is 8.33. The summed E-state index contributed by atoms with van der Waals surface area (Å²) in [4.78, 5) is 23.8. The number of nitrogens with one attached hydrogen (secondary N) is 1. The molecule has 1 aliphatic heterocycles. The molecular weight excluding hydrogens is 334 g/mol. The fraction of sp³-hybridized carbons (Fsp3) is 0.300. The Kier molecular flexibility index (Phi) is 4.84. The lowest BCUT2D eigenvalue weighted by Gasteiger charge is -2.24. The van der Waals surface area contributed by atoms with Crippen molar-refractivity contribution in [3.63, 3.8) is 0 Å². The second-order valence-electron chi connectivity index (χ2n) is 6.45. The zero-order chi connectivity index (χ0) is 18.7. The van der Waals surface area contributed by atoms with E-state index in [9.17, 15) is 14.7 Å². The second-order valence-corrected chi connectivity index (χ2v) is 6.45. The fourth-order valence-electron chi connectivity index (χ4n) is 3.20. The number of hydrogen-bond donors (Lipinski definition) is 2. The number of hydrogen-bond acceptors (Lipinski definition) is 4. The van der Waals surface area contributed by atoms with Crippen molar-refractivity contribution in [2.75, 3.05) is 13.7 Å². The van der Waals surface area contributed by atoms with Gasteiger partial charge in [-0.15, -0.1) is 0 Å². The molecular formula is C20H21NO5. The predicted molar refractivity (Wildman–Crippen MR) is 95.3 cm³/mol. The van der Waals surface area contributed by atoms with Gasteiger partial charge in [0.2, 0.25) is 5.91 Å². The van der Waals surface area contributed by atoms with E-state index in [0.717, 1.165) is 11.1 Å². The normalized spacial score (nSPS) is 21.9. The number of amides is 1. The molecule has 2 aromatic carbocycles. The van der Waals surface area contributed by atoms with E-state index in [0.29, 0.717) is 18.1 Å². The first kappa shape index (κ1) is 17.8. The third kappa shape index (κ3) is 3.10. The number of benzene rings is 2. The van der Waals surface area contributed by atoms with Crippen molar-refractivity contribution in [3.05, 3.63) is 59.7 Å². The summed E-state index contributed by atoms with van der Waals surface area (Å²) in [6.07, 6.45) is 0. The van der Waals surface area contributed by atoms with E-state index in [4.69, 9.17) is 9.47 Å². The van der Waals surface area contributed by atoms with Crippen LogP contribution in [0.3, 0.4) is 0 Å². The maximum absolute atomic E-state index is 12.1. The number of carboxylic acid groups (broad SMARTS) is 1. The van der Waals surface area contributed by atoms with Gasteiger partial charge in [0.15, 0.2) is 16.9 Å². The van der Waals surface area contributed by atoms with Gasteiger partial charge >= 0.3 is 5.97 Å². The summed E-state index contributed by atoms with van der Waals surface area (Å²) in [5.41, 5.74) is 0.218. The summed E-state index contributed by atoms with van der Waals surface area (Å²) >= 11 is 0. The zero-order valence-corrected chi connectivity index (χ0v) is 14.7. The molecule has 0 saturated carbocycles. The molecule has 1 amide bonds. The second kappa shape index (κ2) is 7.07. The minimum absolute atomic E-state index is 0.270. The molecule has 26 heavy (non-hydrogen) atoms. The van der Waals surface area contributed by atoms with E-state index >= 15 is 0 Å². The summed E-state index contributed by atoms with van der Waals surface area (Å²) < 4.78 is 11.2.